The molecule has 1 aliphatic heterocycles. The Hall–Kier alpha value is -0.330. The zero-order valence-corrected chi connectivity index (χ0v) is 14.9. The maximum atomic E-state index is 10.3. The molecular formula is C15H24BrClN2O2. The van der Waals surface area contributed by atoms with Gasteiger partial charge in [0.05, 0.1) is 0 Å². The first-order chi connectivity index (χ1) is 9.45. The minimum atomic E-state index is -0.324. The van der Waals surface area contributed by atoms with Crippen molar-refractivity contribution in [3.8, 4) is 5.75 Å². The highest BCUT2D eigenvalue weighted by Gasteiger charge is 2.37. The van der Waals surface area contributed by atoms with Gasteiger partial charge in [-0.2, -0.15) is 0 Å². The summed E-state index contributed by atoms with van der Waals surface area (Å²) in [5, 5.41) is 23.4. The number of benzene rings is 1. The summed E-state index contributed by atoms with van der Waals surface area (Å²) < 4.78 is 0.944. The van der Waals surface area contributed by atoms with Crippen LogP contribution >= 0.6 is 28.3 Å². The lowest BCUT2D eigenvalue weighted by Gasteiger charge is -2.43. The lowest BCUT2D eigenvalue weighted by molar-refractivity contribution is 0.0293. The number of halogens is 2. The molecule has 120 valence electrons. The fraction of sp³-hybridized carbons (Fsp3) is 0.600. The van der Waals surface area contributed by atoms with E-state index < -0.39 is 0 Å². The molecule has 3 N–H and O–H groups in total. The highest BCUT2D eigenvalue weighted by molar-refractivity contribution is 9.10. The maximum Gasteiger partial charge on any atom is 0.120 e. The fourth-order valence-corrected chi connectivity index (χ4v) is 3.26. The SMILES string of the molecule is CC(C)(CO)[C@H](c1cc(Br)ccc1O)N1CCNCC1.Cl. The fourth-order valence-electron chi connectivity index (χ4n) is 2.88. The van der Waals surface area contributed by atoms with Crippen LogP contribution in [0.3, 0.4) is 0 Å². The van der Waals surface area contributed by atoms with Crippen molar-refractivity contribution in [1.29, 1.82) is 0 Å². The van der Waals surface area contributed by atoms with Crippen LogP contribution in [-0.2, 0) is 0 Å². The molecule has 0 radical (unpaired) electrons. The number of nitrogens with one attached hydrogen (secondary N) is 1. The van der Waals surface area contributed by atoms with Gasteiger partial charge in [0, 0.05) is 54.3 Å². The van der Waals surface area contributed by atoms with Crippen LogP contribution < -0.4 is 5.32 Å². The average molecular weight is 380 g/mol. The van der Waals surface area contributed by atoms with Crippen LogP contribution in [0.25, 0.3) is 0 Å². The van der Waals surface area contributed by atoms with Crippen molar-refractivity contribution in [2.24, 2.45) is 5.41 Å². The highest BCUT2D eigenvalue weighted by atomic mass is 79.9. The lowest BCUT2D eigenvalue weighted by Crippen LogP contribution is -2.49. The number of aliphatic hydroxyl groups is 1. The molecule has 6 heteroatoms. The first-order valence-corrected chi connectivity index (χ1v) is 7.79. The predicted molar refractivity (Wildman–Crippen MR) is 91.1 cm³/mol. The van der Waals surface area contributed by atoms with E-state index in [9.17, 15) is 10.2 Å². The van der Waals surface area contributed by atoms with Gasteiger partial charge in [-0.1, -0.05) is 29.8 Å². The van der Waals surface area contributed by atoms with Crippen molar-refractivity contribution < 1.29 is 10.2 Å². The number of aromatic hydroxyl groups is 1. The standard InChI is InChI=1S/C15H23BrN2O2.ClH/c1-15(2,10-19)14(18-7-5-17-6-8-18)12-9-11(16)3-4-13(12)20;/h3-4,9,14,17,19-20H,5-8,10H2,1-2H3;1H/t14-;/m0./s1. The Bertz CT molecular complexity index is 465. The maximum absolute atomic E-state index is 10.3. The molecule has 1 heterocycles. The third-order valence-corrected chi connectivity index (χ3v) is 4.44. The Kier molecular flexibility index (Phi) is 6.94. The molecule has 1 fully saturated rings. The quantitative estimate of drug-likeness (QED) is 0.752. The van der Waals surface area contributed by atoms with Crippen LogP contribution in [0, 0.1) is 5.41 Å². The van der Waals surface area contributed by atoms with Crippen LogP contribution in [0.5, 0.6) is 5.75 Å². The molecule has 0 aliphatic carbocycles. The van der Waals surface area contributed by atoms with Gasteiger partial charge in [0.15, 0.2) is 0 Å². The molecule has 0 bridgehead atoms. The van der Waals surface area contributed by atoms with E-state index in [0.29, 0.717) is 5.75 Å². The summed E-state index contributed by atoms with van der Waals surface area (Å²) >= 11 is 3.47. The molecule has 0 spiro atoms. The third-order valence-electron chi connectivity index (χ3n) is 3.95. The van der Waals surface area contributed by atoms with Gasteiger partial charge in [-0.15, -0.1) is 12.4 Å². The zero-order chi connectivity index (χ0) is 14.8. The monoisotopic (exact) mass is 378 g/mol. The number of hydrogen-bond donors (Lipinski definition) is 3. The number of piperazine rings is 1. The van der Waals surface area contributed by atoms with E-state index in [4.69, 9.17) is 0 Å². The van der Waals surface area contributed by atoms with Gasteiger partial charge in [-0.3, -0.25) is 4.90 Å². The minimum Gasteiger partial charge on any atom is -0.508 e. The van der Waals surface area contributed by atoms with Gasteiger partial charge in [0.1, 0.15) is 5.75 Å². The van der Waals surface area contributed by atoms with Crippen molar-refractivity contribution in [3.05, 3.63) is 28.2 Å². The van der Waals surface area contributed by atoms with Gasteiger partial charge < -0.3 is 15.5 Å². The number of aliphatic hydroxyl groups excluding tert-OH is 1. The summed E-state index contributed by atoms with van der Waals surface area (Å²) in [6.07, 6.45) is 0. The molecule has 1 aromatic rings. The van der Waals surface area contributed by atoms with Crippen molar-refractivity contribution in [2.75, 3.05) is 32.8 Å². The number of phenols is 1. The van der Waals surface area contributed by atoms with Crippen LogP contribution in [-0.4, -0.2) is 47.9 Å². The van der Waals surface area contributed by atoms with Gasteiger partial charge in [-0.25, -0.2) is 0 Å². The number of hydrogen-bond acceptors (Lipinski definition) is 4. The molecule has 0 saturated carbocycles. The molecule has 4 nitrogen and oxygen atoms in total. The first kappa shape index (κ1) is 18.7. The Labute approximate surface area is 141 Å². The Balaban J connectivity index is 0.00000220. The molecule has 0 aromatic heterocycles. The average Bonchev–Trinajstić information content (AvgIpc) is 2.44. The second-order valence-corrected chi connectivity index (χ2v) is 6.95. The number of phenolic OH excluding ortho intramolecular Hbond substituents is 1. The van der Waals surface area contributed by atoms with E-state index in [1.54, 1.807) is 6.07 Å². The van der Waals surface area contributed by atoms with E-state index in [-0.39, 0.29) is 30.5 Å². The van der Waals surface area contributed by atoms with Crippen LogP contribution in [0.2, 0.25) is 0 Å². The van der Waals surface area contributed by atoms with E-state index in [0.717, 1.165) is 36.2 Å². The first-order valence-electron chi connectivity index (χ1n) is 7.00. The molecule has 21 heavy (non-hydrogen) atoms. The lowest BCUT2D eigenvalue weighted by atomic mass is 9.79. The van der Waals surface area contributed by atoms with Crippen molar-refractivity contribution in [1.82, 2.24) is 10.2 Å². The molecule has 1 atom stereocenters. The van der Waals surface area contributed by atoms with E-state index in [1.165, 1.54) is 0 Å². The Morgan fingerprint density at radius 2 is 1.95 bits per heavy atom. The van der Waals surface area contributed by atoms with Crippen molar-refractivity contribution >= 4 is 28.3 Å². The molecule has 0 amide bonds. The molecule has 2 rings (SSSR count). The van der Waals surface area contributed by atoms with E-state index >= 15 is 0 Å². The number of nitrogens with zero attached hydrogens (tertiary/aromatic N) is 1. The van der Waals surface area contributed by atoms with Crippen LogP contribution in [0.4, 0.5) is 0 Å². The van der Waals surface area contributed by atoms with E-state index in [2.05, 4.69) is 26.1 Å². The summed E-state index contributed by atoms with van der Waals surface area (Å²) in [7, 11) is 0. The van der Waals surface area contributed by atoms with Gasteiger partial charge in [-0.05, 0) is 18.2 Å². The van der Waals surface area contributed by atoms with E-state index in [1.807, 2.05) is 26.0 Å². The second kappa shape index (κ2) is 7.79. The highest BCUT2D eigenvalue weighted by Crippen LogP contribution is 2.42. The van der Waals surface area contributed by atoms with Gasteiger partial charge in [0.25, 0.3) is 0 Å². The predicted octanol–water partition coefficient (Wildman–Crippen LogP) is 2.54. The second-order valence-electron chi connectivity index (χ2n) is 6.04. The molecule has 1 saturated heterocycles. The van der Waals surface area contributed by atoms with Crippen molar-refractivity contribution in [3.63, 3.8) is 0 Å². The zero-order valence-electron chi connectivity index (χ0n) is 12.5. The minimum absolute atomic E-state index is 0. The Morgan fingerprint density at radius 3 is 2.52 bits per heavy atom. The van der Waals surface area contributed by atoms with Crippen LogP contribution in [0.15, 0.2) is 22.7 Å². The summed E-state index contributed by atoms with van der Waals surface area (Å²) in [5.41, 5.74) is 0.552. The molecular weight excluding hydrogens is 356 g/mol. The van der Waals surface area contributed by atoms with Gasteiger partial charge >= 0.3 is 0 Å². The van der Waals surface area contributed by atoms with Crippen LogP contribution in [0.1, 0.15) is 25.5 Å². The summed E-state index contributed by atoms with van der Waals surface area (Å²) in [4.78, 5) is 2.34. The van der Waals surface area contributed by atoms with Crippen molar-refractivity contribution in [2.45, 2.75) is 19.9 Å². The third kappa shape index (κ3) is 4.33. The number of rotatable bonds is 4. The smallest absolute Gasteiger partial charge is 0.120 e. The normalized spacial score (nSPS) is 18.1. The summed E-state index contributed by atoms with van der Waals surface area (Å²) in [6, 6.07) is 5.49. The molecule has 1 aromatic carbocycles. The Morgan fingerprint density at radius 1 is 1.33 bits per heavy atom. The largest absolute Gasteiger partial charge is 0.508 e. The van der Waals surface area contributed by atoms with Gasteiger partial charge in [0.2, 0.25) is 0 Å². The summed E-state index contributed by atoms with van der Waals surface area (Å²) in [6.45, 7) is 7.87. The molecule has 0 unspecified atom stereocenters. The molecule has 1 aliphatic rings. The topological polar surface area (TPSA) is 55.7 Å². The summed E-state index contributed by atoms with van der Waals surface area (Å²) in [5.74, 6) is 0.290.